The van der Waals surface area contributed by atoms with Crippen molar-refractivity contribution in [1.29, 1.82) is 0 Å². The van der Waals surface area contributed by atoms with E-state index in [0.29, 0.717) is 22.5 Å². The third-order valence-electron chi connectivity index (χ3n) is 4.20. The zero-order chi connectivity index (χ0) is 17.8. The van der Waals surface area contributed by atoms with Gasteiger partial charge in [-0.15, -0.1) is 0 Å². The number of hydrogen-bond donors (Lipinski definition) is 2. The highest BCUT2D eigenvalue weighted by atomic mass is 79.9. The summed E-state index contributed by atoms with van der Waals surface area (Å²) >= 11 is 14.9. The highest BCUT2D eigenvalue weighted by Crippen LogP contribution is 2.26. The van der Waals surface area contributed by atoms with Crippen molar-refractivity contribution in [2.24, 2.45) is 0 Å². The van der Waals surface area contributed by atoms with E-state index in [2.05, 4.69) is 60.7 Å². The Morgan fingerprint density at radius 3 is 2.64 bits per heavy atom. The lowest BCUT2D eigenvalue weighted by atomic mass is 10.2. The maximum atomic E-state index is 6.20. The molecule has 1 aromatic heterocycles. The van der Waals surface area contributed by atoms with E-state index in [9.17, 15) is 0 Å². The molecule has 0 atom stereocenters. The molecule has 1 aromatic carbocycles. The summed E-state index contributed by atoms with van der Waals surface area (Å²) in [6.45, 7) is 4.88. The Morgan fingerprint density at radius 2 is 1.96 bits per heavy atom. The molecule has 2 N–H and O–H groups in total. The van der Waals surface area contributed by atoms with Crippen LogP contribution in [0.4, 0.5) is 11.5 Å². The summed E-state index contributed by atoms with van der Waals surface area (Å²) in [6.07, 6.45) is 2.57. The van der Waals surface area contributed by atoms with E-state index >= 15 is 0 Å². The summed E-state index contributed by atoms with van der Waals surface area (Å²) in [5, 5.41) is 7.27. The van der Waals surface area contributed by atoms with Gasteiger partial charge in [0, 0.05) is 29.8 Å². The molecule has 0 unspecified atom stereocenters. The van der Waals surface area contributed by atoms with E-state index in [1.807, 2.05) is 13.0 Å². The van der Waals surface area contributed by atoms with Crippen molar-refractivity contribution in [2.45, 2.75) is 26.3 Å². The van der Waals surface area contributed by atoms with Crippen LogP contribution in [0.5, 0.6) is 0 Å². The molecule has 0 aliphatic carbocycles. The fourth-order valence-electron chi connectivity index (χ4n) is 2.78. The molecule has 0 spiro atoms. The summed E-state index contributed by atoms with van der Waals surface area (Å²) in [5.41, 5.74) is 3.33. The first kappa shape index (κ1) is 18.4. The normalized spacial score (nSPS) is 13.8. The van der Waals surface area contributed by atoms with Crippen molar-refractivity contribution < 1.29 is 0 Å². The first-order valence-electron chi connectivity index (χ1n) is 8.24. The van der Waals surface area contributed by atoms with Crippen molar-refractivity contribution in [3.05, 3.63) is 51.1 Å². The van der Waals surface area contributed by atoms with Gasteiger partial charge in [-0.1, -0.05) is 23.7 Å². The third-order valence-corrected chi connectivity index (χ3v) is 5.53. The Hall–Kier alpha value is -1.37. The van der Waals surface area contributed by atoms with Gasteiger partial charge in [0.15, 0.2) is 10.9 Å². The number of thiocarbonyl (C=S) groups is 1. The van der Waals surface area contributed by atoms with Gasteiger partial charge in [-0.25, -0.2) is 4.98 Å². The van der Waals surface area contributed by atoms with Crippen LogP contribution in [0.1, 0.15) is 24.1 Å². The Bertz CT molecular complexity index is 760. The van der Waals surface area contributed by atoms with Gasteiger partial charge in [-0.05, 0) is 71.7 Å². The summed E-state index contributed by atoms with van der Waals surface area (Å²) in [5.74, 6) is 0.559. The number of pyridine rings is 1. The molecule has 0 radical (unpaired) electrons. The molecule has 1 aliphatic heterocycles. The van der Waals surface area contributed by atoms with Gasteiger partial charge in [0.1, 0.15) is 0 Å². The molecule has 0 amide bonds. The molecule has 132 valence electrons. The number of rotatable bonds is 4. The number of halogens is 2. The largest absolute Gasteiger partial charge is 0.372 e. The molecular weight excluding hydrogens is 420 g/mol. The molecule has 3 rings (SSSR count). The minimum atomic E-state index is 0.500. The topological polar surface area (TPSA) is 40.2 Å². The van der Waals surface area contributed by atoms with Gasteiger partial charge in [0.05, 0.1) is 10.7 Å². The molecule has 4 nitrogen and oxygen atoms in total. The molecule has 7 heteroatoms. The molecule has 0 bridgehead atoms. The SMILES string of the molecule is Cc1nc(NC(=S)NCc2ccc(N3CCCC3)cc2)c(Cl)cc1Br. The number of benzene rings is 1. The minimum Gasteiger partial charge on any atom is -0.372 e. The van der Waals surface area contributed by atoms with Crippen LogP contribution in [0.25, 0.3) is 0 Å². The van der Waals surface area contributed by atoms with Crippen LogP contribution < -0.4 is 15.5 Å². The second-order valence-electron chi connectivity index (χ2n) is 6.05. The second kappa shape index (κ2) is 8.34. The van der Waals surface area contributed by atoms with Crippen LogP contribution in [0.3, 0.4) is 0 Å². The van der Waals surface area contributed by atoms with E-state index in [-0.39, 0.29) is 0 Å². The average Bonchev–Trinajstić information content (AvgIpc) is 3.13. The first-order valence-corrected chi connectivity index (χ1v) is 9.82. The highest BCUT2D eigenvalue weighted by molar-refractivity contribution is 9.10. The predicted molar refractivity (Wildman–Crippen MR) is 113 cm³/mol. The van der Waals surface area contributed by atoms with Crippen LogP contribution in [0, 0.1) is 6.92 Å². The summed E-state index contributed by atoms with van der Waals surface area (Å²) in [7, 11) is 0. The molecular formula is C18H20BrClN4S. The summed E-state index contributed by atoms with van der Waals surface area (Å²) in [4.78, 5) is 6.82. The van der Waals surface area contributed by atoms with Crippen molar-refractivity contribution >= 4 is 56.4 Å². The Morgan fingerprint density at radius 1 is 1.28 bits per heavy atom. The number of aryl methyl sites for hydroxylation is 1. The Labute approximate surface area is 167 Å². The predicted octanol–water partition coefficient (Wildman–Crippen LogP) is 4.89. The van der Waals surface area contributed by atoms with Crippen LogP contribution >= 0.6 is 39.7 Å². The molecule has 2 heterocycles. The third kappa shape index (κ3) is 4.84. The minimum absolute atomic E-state index is 0.500. The quantitative estimate of drug-likeness (QED) is 0.664. The Kier molecular flexibility index (Phi) is 6.15. The fraction of sp³-hybridized carbons (Fsp3) is 0.333. The van der Waals surface area contributed by atoms with Crippen molar-refractivity contribution in [3.8, 4) is 0 Å². The standard InChI is InChI=1S/C18H20BrClN4S/c1-12-15(19)10-16(20)17(22-12)23-18(25)21-11-13-4-6-14(7-5-13)24-8-2-3-9-24/h4-7,10H,2-3,8-9,11H2,1H3,(H2,21,22,23,25). The van der Waals surface area contributed by atoms with Gasteiger partial charge in [-0.3, -0.25) is 0 Å². The maximum Gasteiger partial charge on any atom is 0.172 e. The van der Waals surface area contributed by atoms with Gasteiger partial charge >= 0.3 is 0 Å². The van der Waals surface area contributed by atoms with Crippen LogP contribution in [0.15, 0.2) is 34.8 Å². The van der Waals surface area contributed by atoms with Gasteiger partial charge in [0.25, 0.3) is 0 Å². The van der Waals surface area contributed by atoms with E-state index in [1.165, 1.54) is 24.1 Å². The summed E-state index contributed by atoms with van der Waals surface area (Å²) in [6, 6.07) is 10.4. The fourth-order valence-corrected chi connectivity index (χ4v) is 3.60. The van der Waals surface area contributed by atoms with E-state index < -0.39 is 0 Å². The molecule has 1 saturated heterocycles. The van der Waals surface area contributed by atoms with Crippen molar-refractivity contribution in [1.82, 2.24) is 10.3 Å². The lowest BCUT2D eigenvalue weighted by Gasteiger charge is -2.18. The van der Waals surface area contributed by atoms with E-state index in [1.54, 1.807) is 0 Å². The molecule has 1 aliphatic rings. The number of aromatic nitrogens is 1. The zero-order valence-corrected chi connectivity index (χ0v) is 17.1. The van der Waals surface area contributed by atoms with E-state index in [4.69, 9.17) is 23.8 Å². The number of hydrogen-bond acceptors (Lipinski definition) is 3. The number of nitrogens with zero attached hydrogens (tertiary/aromatic N) is 2. The number of nitrogens with one attached hydrogen (secondary N) is 2. The zero-order valence-electron chi connectivity index (χ0n) is 14.0. The van der Waals surface area contributed by atoms with Gasteiger partial charge in [-0.2, -0.15) is 0 Å². The lowest BCUT2D eigenvalue weighted by molar-refractivity contribution is 0.919. The van der Waals surface area contributed by atoms with Crippen LogP contribution in [-0.2, 0) is 6.54 Å². The molecule has 0 saturated carbocycles. The Balaban J connectivity index is 1.54. The van der Waals surface area contributed by atoms with Crippen molar-refractivity contribution in [3.63, 3.8) is 0 Å². The monoisotopic (exact) mass is 438 g/mol. The summed E-state index contributed by atoms with van der Waals surface area (Å²) < 4.78 is 0.875. The maximum absolute atomic E-state index is 6.20. The van der Waals surface area contributed by atoms with Gasteiger partial charge < -0.3 is 15.5 Å². The average molecular weight is 440 g/mol. The highest BCUT2D eigenvalue weighted by Gasteiger charge is 2.12. The van der Waals surface area contributed by atoms with Crippen molar-refractivity contribution in [2.75, 3.05) is 23.3 Å². The lowest BCUT2D eigenvalue weighted by Crippen LogP contribution is -2.28. The van der Waals surface area contributed by atoms with Crippen LogP contribution in [-0.4, -0.2) is 23.2 Å². The van der Waals surface area contributed by atoms with Gasteiger partial charge in [0.2, 0.25) is 0 Å². The van der Waals surface area contributed by atoms with E-state index in [0.717, 1.165) is 23.3 Å². The molecule has 25 heavy (non-hydrogen) atoms. The number of anilines is 2. The molecule has 1 fully saturated rings. The van der Waals surface area contributed by atoms with Crippen LogP contribution in [0.2, 0.25) is 5.02 Å². The first-order chi connectivity index (χ1) is 12.0. The smallest absolute Gasteiger partial charge is 0.172 e. The molecule has 2 aromatic rings. The second-order valence-corrected chi connectivity index (χ2v) is 7.72.